The van der Waals surface area contributed by atoms with E-state index in [-0.39, 0.29) is 0 Å². The van der Waals surface area contributed by atoms with Crippen molar-refractivity contribution in [3.05, 3.63) is 46.6 Å². The summed E-state index contributed by atoms with van der Waals surface area (Å²) < 4.78 is 0. The minimum absolute atomic E-state index is 0.697. The Balaban J connectivity index is 1.87. The first-order valence-electron chi connectivity index (χ1n) is 7.75. The van der Waals surface area contributed by atoms with Crippen LogP contribution in [0.5, 0.6) is 0 Å². The number of benzene rings is 1. The van der Waals surface area contributed by atoms with Gasteiger partial charge in [-0.1, -0.05) is 37.1 Å². The average molecular weight is 319 g/mol. The number of aryl methyl sites for hydroxylation is 1. The lowest BCUT2D eigenvalue weighted by Gasteiger charge is -2.10. The molecule has 0 atom stereocenters. The van der Waals surface area contributed by atoms with Crippen LogP contribution in [0.2, 0.25) is 5.02 Å². The number of nitrogens with zero attached hydrogens (tertiary/aromatic N) is 2. The van der Waals surface area contributed by atoms with Crippen LogP contribution < -0.4 is 10.6 Å². The largest absolute Gasteiger partial charge is 0.370 e. The predicted octanol–water partition coefficient (Wildman–Crippen LogP) is 4.31. The fourth-order valence-corrected chi connectivity index (χ4v) is 2.23. The minimum atomic E-state index is 0.697. The van der Waals surface area contributed by atoms with Crippen LogP contribution in [-0.2, 0) is 6.42 Å². The van der Waals surface area contributed by atoms with Crippen molar-refractivity contribution in [1.29, 1.82) is 0 Å². The smallest absolute Gasteiger partial charge is 0.224 e. The van der Waals surface area contributed by atoms with Gasteiger partial charge in [0.25, 0.3) is 0 Å². The number of nitrogens with one attached hydrogen (secondary N) is 2. The van der Waals surface area contributed by atoms with Crippen LogP contribution in [0.25, 0.3) is 0 Å². The van der Waals surface area contributed by atoms with Crippen molar-refractivity contribution in [3.8, 4) is 0 Å². The standard InChI is InChI=1S/C17H23ClN4/c1-3-4-10-20-17-21-13(2)12-16(22-17)19-11-9-14-5-7-15(18)8-6-14/h5-8,12H,3-4,9-11H2,1-2H3,(H2,19,20,21,22). The van der Waals surface area contributed by atoms with Crippen molar-refractivity contribution in [1.82, 2.24) is 9.97 Å². The zero-order valence-corrected chi connectivity index (χ0v) is 14.0. The molecule has 0 radical (unpaired) electrons. The van der Waals surface area contributed by atoms with Crippen LogP contribution >= 0.6 is 11.6 Å². The quantitative estimate of drug-likeness (QED) is 0.712. The summed E-state index contributed by atoms with van der Waals surface area (Å²) in [6.07, 6.45) is 3.21. The Bertz CT molecular complexity index is 584. The van der Waals surface area contributed by atoms with E-state index in [4.69, 9.17) is 11.6 Å². The Morgan fingerprint density at radius 3 is 2.55 bits per heavy atom. The summed E-state index contributed by atoms with van der Waals surface area (Å²) in [5, 5.41) is 7.39. The van der Waals surface area contributed by atoms with Crippen molar-refractivity contribution in [3.63, 3.8) is 0 Å². The van der Waals surface area contributed by atoms with Gasteiger partial charge >= 0.3 is 0 Å². The van der Waals surface area contributed by atoms with E-state index >= 15 is 0 Å². The SMILES string of the molecule is CCCCNc1nc(C)cc(NCCc2ccc(Cl)cc2)n1. The van der Waals surface area contributed by atoms with Gasteiger partial charge in [-0.15, -0.1) is 0 Å². The minimum Gasteiger partial charge on any atom is -0.370 e. The molecular weight excluding hydrogens is 296 g/mol. The number of hydrogen-bond donors (Lipinski definition) is 2. The molecule has 2 aromatic rings. The number of rotatable bonds is 8. The maximum atomic E-state index is 5.89. The van der Waals surface area contributed by atoms with Gasteiger partial charge in [-0.25, -0.2) is 4.98 Å². The summed E-state index contributed by atoms with van der Waals surface area (Å²) in [5.41, 5.74) is 2.21. The second-order valence-electron chi connectivity index (χ2n) is 5.30. The zero-order chi connectivity index (χ0) is 15.8. The molecule has 0 aliphatic rings. The van der Waals surface area contributed by atoms with Gasteiger partial charge < -0.3 is 10.6 Å². The highest BCUT2D eigenvalue weighted by molar-refractivity contribution is 6.30. The van der Waals surface area contributed by atoms with Gasteiger partial charge in [0.1, 0.15) is 5.82 Å². The highest BCUT2D eigenvalue weighted by atomic mass is 35.5. The first-order chi connectivity index (χ1) is 10.7. The third-order valence-electron chi connectivity index (χ3n) is 3.30. The van der Waals surface area contributed by atoms with Crippen molar-refractivity contribution in [2.75, 3.05) is 23.7 Å². The highest BCUT2D eigenvalue weighted by Gasteiger charge is 2.02. The van der Waals surface area contributed by atoms with E-state index < -0.39 is 0 Å². The topological polar surface area (TPSA) is 49.8 Å². The maximum Gasteiger partial charge on any atom is 0.224 e. The third kappa shape index (κ3) is 5.53. The molecule has 118 valence electrons. The predicted molar refractivity (Wildman–Crippen MR) is 93.8 cm³/mol. The molecule has 2 N–H and O–H groups in total. The van der Waals surface area contributed by atoms with Crippen molar-refractivity contribution < 1.29 is 0 Å². The molecule has 0 spiro atoms. The lowest BCUT2D eigenvalue weighted by molar-refractivity contribution is 0.825. The normalized spacial score (nSPS) is 10.5. The van der Waals surface area contributed by atoms with E-state index in [9.17, 15) is 0 Å². The van der Waals surface area contributed by atoms with E-state index in [1.807, 2.05) is 37.3 Å². The summed E-state index contributed by atoms with van der Waals surface area (Å²) in [6.45, 7) is 5.89. The summed E-state index contributed by atoms with van der Waals surface area (Å²) in [7, 11) is 0. The molecule has 0 fully saturated rings. The molecule has 0 amide bonds. The van der Waals surface area contributed by atoms with E-state index in [1.165, 1.54) is 5.56 Å². The van der Waals surface area contributed by atoms with Gasteiger partial charge in [0.15, 0.2) is 0 Å². The first-order valence-corrected chi connectivity index (χ1v) is 8.13. The summed E-state index contributed by atoms with van der Waals surface area (Å²) in [6, 6.07) is 9.90. The lowest BCUT2D eigenvalue weighted by Crippen LogP contribution is -2.10. The second kappa shape index (κ2) is 8.59. The van der Waals surface area contributed by atoms with Gasteiger partial charge in [0, 0.05) is 29.9 Å². The maximum absolute atomic E-state index is 5.89. The molecule has 0 bridgehead atoms. The molecule has 2 rings (SSSR count). The molecule has 0 aliphatic heterocycles. The van der Waals surface area contributed by atoms with Crippen LogP contribution in [0, 0.1) is 6.92 Å². The van der Waals surface area contributed by atoms with Gasteiger partial charge in [0.2, 0.25) is 5.95 Å². The second-order valence-corrected chi connectivity index (χ2v) is 5.74. The Labute approximate surface area is 137 Å². The van der Waals surface area contributed by atoms with Gasteiger partial charge in [-0.3, -0.25) is 0 Å². The van der Waals surface area contributed by atoms with Crippen LogP contribution in [0.4, 0.5) is 11.8 Å². The first kappa shape index (κ1) is 16.6. The fraction of sp³-hybridized carbons (Fsp3) is 0.412. The molecule has 22 heavy (non-hydrogen) atoms. The number of hydrogen-bond acceptors (Lipinski definition) is 4. The van der Waals surface area contributed by atoms with E-state index in [2.05, 4.69) is 27.5 Å². The van der Waals surface area contributed by atoms with Crippen LogP contribution in [0.3, 0.4) is 0 Å². The molecule has 1 aromatic heterocycles. The molecule has 0 saturated carbocycles. The molecule has 0 aliphatic carbocycles. The van der Waals surface area contributed by atoms with Gasteiger partial charge in [-0.05, 0) is 37.5 Å². The summed E-state index contributed by atoms with van der Waals surface area (Å²) >= 11 is 5.89. The van der Waals surface area contributed by atoms with E-state index in [1.54, 1.807) is 0 Å². The van der Waals surface area contributed by atoms with E-state index in [0.717, 1.165) is 48.9 Å². The number of anilines is 2. The van der Waals surface area contributed by atoms with Crippen molar-refractivity contribution in [2.45, 2.75) is 33.1 Å². The molecule has 0 unspecified atom stereocenters. The lowest BCUT2D eigenvalue weighted by atomic mass is 10.1. The highest BCUT2D eigenvalue weighted by Crippen LogP contribution is 2.12. The summed E-state index contributed by atoms with van der Waals surface area (Å²) in [4.78, 5) is 8.90. The van der Waals surface area contributed by atoms with Crippen LogP contribution in [0.1, 0.15) is 31.0 Å². The summed E-state index contributed by atoms with van der Waals surface area (Å²) in [5.74, 6) is 1.56. The Kier molecular flexibility index (Phi) is 6.46. The van der Waals surface area contributed by atoms with E-state index in [0.29, 0.717) is 5.95 Å². The van der Waals surface area contributed by atoms with Gasteiger partial charge in [0.05, 0.1) is 0 Å². The van der Waals surface area contributed by atoms with Crippen LogP contribution in [-0.4, -0.2) is 23.1 Å². The molecule has 1 heterocycles. The zero-order valence-electron chi connectivity index (χ0n) is 13.2. The van der Waals surface area contributed by atoms with Gasteiger partial charge in [-0.2, -0.15) is 4.98 Å². The Morgan fingerprint density at radius 1 is 1.05 bits per heavy atom. The van der Waals surface area contributed by atoms with Crippen molar-refractivity contribution >= 4 is 23.4 Å². The molecule has 5 heteroatoms. The Hall–Kier alpha value is -1.81. The third-order valence-corrected chi connectivity index (χ3v) is 3.55. The average Bonchev–Trinajstić information content (AvgIpc) is 2.49. The fourth-order valence-electron chi connectivity index (χ4n) is 2.10. The van der Waals surface area contributed by atoms with Crippen molar-refractivity contribution in [2.24, 2.45) is 0 Å². The monoisotopic (exact) mass is 318 g/mol. The number of halogens is 1. The number of aromatic nitrogens is 2. The number of unbranched alkanes of at least 4 members (excludes halogenated alkanes) is 1. The molecule has 1 aromatic carbocycles. The molecular formula is C17H23ClN4. The van der Waals surface area contributed by atoms with Crippen LogP contribution in [0.15, 0.2) is 30.3 Å². The molecule has 0 saturated heterocycles. The Morgan fingerprint density at radius 2 is 1.82 bits per heavy atom. The molecule has 4 nitrogen and oxygen atoms in total.